The molecular weight excluding hydrogens is 336 g/mol. The molecule has 1 N–H and O–H groups in total. The van der Waals surface area contributed by atoms with Crippen LogP contribution >= 0.6 is 11.6 Å². The summed E-state index contributed by atoms with van der Waals surface area (Å²) in [4.78, 5) is 27.3. The summed E-state index contributed by atoms with van der Waals surface area (Å²) in [6.45, 7) is 0. The zero-order valence-electron chi connectivity index (χ0n) is 13.4. The summed E-state index contributed by atoms with van der Waals surface area (Å²) in [6, 6.07) is 12.3. The van der Waals surface area contributed by atoms with Gasteiger partial charge < -0.3 is 9.72 Å². The second-order valence-corrected chi connectivity index (χ2v) is 5.86. The first kappa shape index (κ1) is 17.1. The average Bonchev–Trinajstić information content (AvgIpc) is 2.97. The molecule has 0 atom stereocenters. The van der Waals surface area contributed by atoms with Gasteiger partial charge in [0.1, 0.15) is 7.85 Å². The molecule has 0 spiro atoms. The number of carbonyl (C=O) groups is 2. The van der Waals surface area contributed by atoms with Crippen molar-refractivity contribution in [2.24, 2.45) is 0 Å². The van der Waals surface area contributed by atoms with Gasteiger partial charge in [-0.05, 0) is 29.8 Å². The summed E-state index contributed by atoms with van der Waals surface area (Å²) in [5.74, 6) is -1.63. The number of hydrogen-bond acceptors (Lipinski definition) is 3. The van der Waals surface area contributed by atoms with E-state index in [4.69, 9.17) is 19.4 Å². The molecular formula is C19H13BClNO3. The van der Waals surface area contributed by atoms with Crippen LogP contribution in [0.25, 0.3) is 23.1 Å². The molecule has 1 heterocycles. The van der Waals surface area contributed by atoms with E-state index in [-0.39, 0.29) is 5.56 Å². The summed E-state index contributed by atoms with van der Waals surface area (Å²) < 4.78 is 4.57. The molecule has 3 aromatic rings. The number of rotatable bonds is 4. The number of aromatic nitrogens is 1. The van der Waals surface area contributed by atoms with Crippen molar-refractivity contribution in [3.63, 3.8) is 0 Å². The highest BCUT2D eigenvalue weighted by atomic mass is 35.5. The number of nitrogens with one attached hydrogen (secondary N) is 1. The molecule has 0 bridgehead atoms. The minimum Gasteiger partial charge on any atom is -0.463 e. The third-order valence-electron chi connectivity index (χ3n) is 3.76. The Hall–Kier alpha value is -2.79. The van der Waals surface area contributed by atoms with Crippen LogP contribution in [-0.4, -0.2) is 31.7 Å². The van der Waals surface area contributed by atoms with E-state index in [2.05, 4.69) is 9.72 Å². The van der Waals surface area contributed by atoms with Crippen molar-refractivity contribution >= 4 is 59.7 Å². The quantitative estimate of drug-likeness (QED) is 0.341. The van der Waals surface area contributed by atoms with Gasteiger partial charge in [0.15, 0.2) is 0 Å². The molecule has 1 aromatic heterocycles. The van der Waals surface area contributed by atoms with Gasteiger partial charge in [-0.2, -0.15) is 0 Å². The van der Waals surface area contributed by atoms with Crippen LogP contribution in [0.3, 0.4) is 0 Å². The van der Waals surface area contributed by atoms with Crippen molar-refractivity contribution in [3.8, 4) is 0 Å². The van der Waals surface area contributed by atoms with Crippen LogP contribution < -0.4 is 5.46 Å². The van der Waals surface area contributed by atoms with Crippen molar-refractivity contribution in [1.29, 1.82) is 0 Å². The Morgan fingerprint density at radius 2 is 1.84 bits per heavy atom. The average molecular weight is 350 g/mol. The number of ketones is 1. The highest BCUT2D eigenvalue weighted by molar-refractivity contribution is 6.44. The summed E-state index contributed by atoms with van der Waals surface area (Å²) in [6.07, 6.45) is 3.55. The monoisotopic (exact) mass is 349 g/mol. The summed E-state index contributed by atoms with van der Waals surface area (Å²) in [5.41, 5.74) is 2.89. The van der Waals surface area contributed by atoms with E-state index in [0.29, 0.717) is 27.1 Å². The predicted octanol–water partition coefficient (Wildman–Crippen LogP) is 3.14. The molecule has 0 amide bonds. The van der Waals surface area contributed by atoms with E-state index in [9.17, 15) is 9.59 Å². The Labute approximate surface area is 150 Å². The lowest BCUT2D eigenvalue weighted by Gasteiger charge is -2.00. The fourth-order valence-corrected chi connectivity index (χ4v) is 2.68. The predicted molar refractivity (Wildman–Crippen MR) is 100 cm³/mol. The first-order chi connectivity index (χ1) is 12.0. The largest absolute Gasteiger partial charge is 0.463 e. The van der Waals surface area contributed by atoms with Crippen LogP contribution in [0, 0.1) is 0 Å². The Balaban J connectivity index is 2.11. The molecule has 0 aliphatic rings. The van der Waals surface area contributed by atoms with E-state index in [1.165, 1.54) is 7.11 Å². The van der Waals surface area contributed by atoms with Crippen molar-refractivity contribution in [2.75, 3.05) is 7.11 Å². The van der Waals surface area contributed by atoms with Crippen LogP contribution in [0.4, 0.5) is 0 Å². The van der Waals surface area contributed by atoms with E-state index < -0.39 is 11.8 Å². The van der Waals surface area contributed by atoms with Gasteiger partial charge in [0.2, 0.25) is 0 Å². The summed E-state index contributed by atoms with van der Waals surface area (Å²) >= 11 is 5.88. The number of aromatic amines is 1. The van der Waals surface area contributed by atoms with Gasteiger partial charge >= 0.3 is 5.97 Å². The highest BCUT2D eigenvalue weighted by Crippen LogP contribution is 2.24. The maximum absolute atomic E-state index is 12.4. The van der Waals surface area contributed by atoms with Gasteiger partial charge in [0.05, 0.1) is 18.4 Å². The molecule has 0 aliphatic heterocycles. The van der Waals surface area contributed by atoms with Gasteiger partial charge in [-0.15, -0.1) is 0 Å². The Kier molecular flexibility index (Phi) is 4.77. The number of methoxy groups -OCH3 is 1. The molecule has 122 valence electrons. The van der Waals surface area contributed by atoms with Crippen molar-refractivity contribution in [2.45, 2.75) is 0 Å². The van der Waals surface area contributed by atoms with Gasteiger partial charge in [-0.1, -0.05) is 47.4 Å². The van der Waals surface area contributed by atoms with Crippen LogP contribution in [-0.2, 0) is 9.53 Å². The normalized spacial score (nSPS) is 11.1. The fourth-order valence-electron chi connectivity index (χ4n) is 2.55. The van der Waals surface area contributed by atoms with Crippen molar-refractivity contribution < 1.29 is 14.3 Å². The molecule has 2 aromatic carbocycles. The number of benzene rings is 2. The second-order valence-electron chi connectivity index (χ2n) is 5.42. The number of ether oxygens (including phenoxy) is 1. The SMILES string of the molecule is [B]c1ccc2c(C(=O)C(=O)OC)c(/C=C/c3ccc(Cl)cc3)[nH]c2c1. The van der Waals surface area contributed by atoms with Crippen LogP contribution in [0.1, 0.15) is 21.6 Å². The first-order valence-electron chi connectivity index (χ1n) is 7.47. The Morgan fingerprint density at radius 1 is 1.12 bits per heavy atom. The third-order valence-corrected chi connectivity index (χ3v) is 4.01. The van der Waals surface area contributed by atoms with Gasteiger partial charge in [-0.3, -0.25) is 4.79 Å². The maximum atomic E-state index is 12.4. The highest BCUT2D eigenvalue weighted by Gasteiger charge is 2.24. The Bertz CT molecular complexity index is 990. The van der Waals surface area contributed by atoms with Crippen LogP contribution in [0.15, 0.2) is 42.5 Å². The zero-order valence-corrected chi connectivity index (χ0v) is 14.1. The van der Waals surface area contributed by atoms with E-state index in [1.54, 1.807) is 36.4 Å². The molecule has 0 saturated heterocycles. The topological polar surface area (TPSA) is 59.2 Å². The minimum absolute atomic E-state index is 0.257. The van der Waals surface area contributed by atoms with E-state index >= 15 is 0 Å². The lowest BCUT2D eigenvalue weighted by molar-refractivity contribution is -0.135. The zero-order chi connectivity index (χ0) is 18.0. The van der Waals surface area contributed by atoms with Crippen molar-refractivity contribution in [1.82, 2.24) is 4.98 Å². The smallest absolute Gasteiger partial charge is 0.379 e. The standard InChI is InChI=1S/C19H13BClNO3/c1-25-19(24)18(23)17-14-8-5-12(20)10-16(14)22-15(17)9-4-11-2-6-13(21)7-3-11/h2-10,22H,1H3/b9-4+. The lowest BCUT2D eigenvalue weighted by atomic mass is 9.94. The third kappa shape index (κ3) is 3.51. The number of Topliss-reactive ketones (excluding diaryl/α,β-unsaturated/α-hetero) is 1. The molecule has 4 nitrogen and oxygen atoms in total. The number of hydrogen-bond donors (Lipinski definition) is 1. The summed E-state index contributed by atoms with van der Waals surface area (Å²) in [7, 11) is 6.97. The molecule has 0 fully saturated rings. The summed E-state index contributed by atoms with van der Waals surface area (Å²) in [5, 5.41) is 1.25. The molecule has 0 unspecified atom stereocenters. The molecule has 6 heteroatoms. The number of esters is 1. The van der Waals surface area contributed by atoms with Gasteiger partial charge in [-0.25, -0.2) is 4.79 Å². The van der Waals surface area contributed by atoms with Crippen LogP contribution in [0.5, 0.6) is 0 Å². The van der Waals surface area contributed by atoms with Crippen molar-refractivity contribution in [3.05, 3.63) is 64.3 Å². The minimum atomic E-state index is -0.918. The first-order valence-corrected chi connectivity index (χ1v) is 7.85. The molecule has 0 saturated carbocycles. The number of H-pyrrole nitrogens is 1. The molecule has 3 rings (SSSR count). The van der Waals surface area contributed by atoms with Crippen LogP contribution in [0.2, 0.25) is 5.02 Å². The van der Waals surface area contributed by atoms with E-state index in [0.717, 1.165) is 5.56 Å². The molecule has 25 heavy (non-hydrogen) atoms. The lowest BCUT2D eigenvalue weighted by Crippen LogP contribution is -2.16. The molecule has 0 aliphatic carbocycles. The number of halogens is 1. The number of carbonyl (C=O) groups excluding carboxylic acids is 2. The Morgan fingerprint density at radius 3 is 2.52 bits per heavy atom. The van der Waals surface area contributed by atoms with Gasteiger partial charge in [0, 0.05) is 15.9 Å². The fraction of sp³-hybridized carbons (Fsp3) is 0.0526. The van der Waals surface area contributed by atoms with Gasteiger partial charge in [0.25, 0.3) is 5.78 Å². The maximum Gasteiger partial charge on any atom is 0.379 e. The molecule has 2 radical (unpaired) electrons. The van der Waals surface area contributed by atoms with E-state index in [1.807, 2.05) is 18.2 Å². The number of fused-ring (bicyclic) bond motifs is 1. The second kappa shape index (κ2) is 6.99.